The Labute approximate surface area is 295 Å². The Balaban J connectivity index is 0.00000417. The summed E-state index contributed by atoms with van der Waals surface area (Å²) in [6, 6.07) is 48.8. The molecule has 1 aliphatic rings. The van der Waals surface area contributed by atoms with E-state index in [2.05, 4.69) is 127 Å². The molecule has 252 valence electrons. The predicted molar refractivity (Wildman–Crippen MR) is 201 cm³/mol. The van der Waals surface area contributed by atoms with Crippen LogP contribution in [-0.4, -0.2) is 38.5 Å². The maximum atomic E-state index is 6.70. The lowest BCUT2D eigenvalue weighted by molar-refractivity contribution is -0.0650. The lowest BCUT2D eigenvalue weighted by Gasteiger charge is -2.39. The number of ether oxygens (including phenoxy) is 4. The van der Waals surface area contributed by atoms with Crippen molar-refractivity contribution in [2.75, 3.05) is 26.3 Å². The van der Waals surface area contributed by atoms with Crippen molar-refractivity contribution in [2.45, 2.75) is 44.4 Å². The van der Waals surface area contributed by atoms with Gasteiger partial charge in [-0.2, -0.15) is 0 Å². The third-order valence-electron chi connectivity index (χ3n) is 9.13. The van der Waals surface area contributed by atoms with E-state index in [0.717, 1.165) is 25.3 Å². The molecule has 5 nitrogen and oxygen atoms in total. The Morgan fingerprint density at radius 3 is 1.65 bits per heavy atom. The zero-order valence-corrected chi connectivity index (χ0v) is 28.5. The molecule has 1 aliphatic heterocycles. The quantitative estimate of drug-likeness (QED) is 0.117. The first-order valence-corrected chi connectivity index (χ1v) is 17.0. The number of fused-ring (bicyclic) bond motifs is 2. The summed E-state index contributed by atoms with van der Waals surface area (Å²) < 4.78 is 25.3. The van der Waals surface area contributed by atoms with Crippen molar-refractivity contribution in [1.29, 1.82) is 0 Å². The Morgan fingerprint density at radius 1 is 0.510 bits per heavy atom. The molecular weight excluding hydrogens is 630 g/mol. The molecule has 1 N–H and O–H groups in total. The molecular formula is C43H44ClNO4. The molecule has 7 rings (SSSR count). The molecule has 0 bridgehead atoms. The molecule has 6 aromatic carbocycles. The lowest BCUT2D eigenvalue weighted by atomic mass is 9.85. The number of hydrogen-bond donors (Lipinski definition) is 1. The van der Waals surface area contributed by atoms with Crippen molar-refractivity contribution in [2.24, 2.45) is 0 Å². The van der Waals surface area contributed by atoms with Gasteiger partial charge in [0.2, 0.25) is 0 Å². The highest BCUT2D eigenvalue weighted by atomic mass is 35.5. The first kappa shape index (κ1) is 34.6. The zero-order chi connectivity index (χ0) is 32.4. The van der Waals surface area contributed by atoms with Crippen molar-refractivity contribution >= 4 is 34.0 Å². The Bertz CT molecular complexity index is 1810. The highest BCUT2D eigenvalue weighted by molar-refractivity contribution is 5.85. The van der Waals surface area contributed by atoms with Gasteiger partial charge in [0.05, 0.1) is 45.2 Å². The van der Waals surface area contributed by atoms with Crippen molar-refractivity contribution in [3.05, 3.63) is 162 Å². The highest BCUT2D eigenvalue weighted by Crippen LogP contribution is 2.33. The minimum Gasteiger partial charge on any atom is -0.494 e. The molecule has 49 heavy (non-hydrogen) atoms. The van der Waals surface area contributed by atoms with Gasteiger partial charge in [-0.15, -0.1) is 12.4 Å². The maximum absolute atomic E-state index is 6.70. The van der Waals surface area contributed by atoms with Crippen LogP contribution in [0.15, 0.2) is 140 Å². The molecule has 3 atom stereocenters. The van der Waals surface area contributed by atoms with Crippen LogP contribution in [-0.2, 0) is 34.0 Å². The van der Waals surface area contributed by atoms with Gasteiger partial charge in [-0.05, 0) is 68.1 Å². The summed E-state index contributed by atoms with van der Waals surface area (Å²) in [5, 5.41) is 8.53. The molecule has 0 aromatic heterocycles. The summed E-state index contributed by atoms with van der Waals surface area (Å²) in [5.41, 5.74) is 4.72. The molecule has 1 saturated heterocycles. The van der Waals surface area contributed by atoms with Crippen molar-refractivity contribution in [3.63, 3.8) is 0 Å². The minimum absolute atomic E-state index is 0. The zero-order valence-electron chi connectivity index (χ0n) is 27.7. The normalized spacial score (nSPS) is 17.5. The van der Waals surface area contributed by atoms with Gasteiger partial charge in [0.15, 0.2) is 0 Å². The Morgan fingerprint density at radius 2 is 1.06 bits per heavy atom. The highest BCUT2D eigenvalue weighted by Gasteiger charge is 2.36. The molecule has 1 fully saturated rings. The second-order valence-corrected chi connectivity index (χ2v) is 12.6. The molecule has 0 saturated carbocycles. The average molecular weight is 674 g/mol. The third-order valence-corrected chi connectivity index (χ3v) is 9.13. The van der Waals surface area contributed by atoms with Crippen molar-refractivity contribution in [3.8, 4) is 5.75 Å². The fourth-order valence-corrected chi connectivity index (χ4v) is 6.58. The molecule has 1 unspecified atom stereocenters. The van der Waals surface area contributed by atoms with Crippen LogP contribution in [0.1, 0.15) is 34.6 Å². The lowest BCUT2D eigenvalue weighted by Crippen LogP contribution is -2.50. The molecule has 6 heteroatoms. The molecule has 0 amide bonds. The van der Waals surface area contributed by atoms with Gasteiger partial charge in [0.1, 0.15) is 5.75 Å². The van der Waals surface area contributed by atoms with E-state index in [4.69, 9.17) is 18.9 Å². The van der Waals surface area contributed by atoms with Crippen molar-refractivity contribution < 1.29 is 18.9 Å². The third kappa shape index (κ3) is 9.27. The van der Waals surface area contributed by atoms with Gasteiger partial charge in [-0.25, -0.2) is 0 Å². The molecule has 0 radical (unpaired) electrons. The second kappa shape index (κ2) is 17.4. The van der Waals surface area contributed by atoms with Crippen LogP contribution >= 0.6 is 12.4 Å². The first-order valence-electron chi connectivity index (χ1n) is 17.0. The van der Waals surface area contributed by atoms with Crippen LogP contribution in [0.5, 0.6) is 5.75 Å². The smallest absolute Gasteiger partial charge is 0.119 e. The first-order chi connectivity index (χ1) is 23.8. The van der Waals surface area contributed by atoms with Gasteiger partial charge in [0.25, 0.3) is 0 Å². The fourth-order valence-electron chi connectivity index (χ4n) is 6.58. The number of halogens is 1. The maximum Gasteiger partial charge on any atom is 0.119 e. The summed E-state index contributed by atoms with van der Waals surface area (Å²) >= 11 is 0. The number of benzene rings is 6. The predicted octanol–water partition coefficient (Wildman–Crippen LogP) is 9.26. The number of hydrogen-bond acceptors (Lipinski definition) is 5. The number of rotatable bonds is 14. The van der Waals surface area contributed by atoms with Gasteiger partial charge in [-0.3, -0.25) is 0 Å². The van der Waals surface area contributed by atoms with Crippen LogP contribution in [0, 0.1) is 0 Å². The molecule has 6 aromatic rings. The Kier molecular flexibility index (Phi) is 12.3. The van der Waals surface area contributed by atoms with E-state index in [1.807, 2.05) is 18.2 Å². The van der Waals surface area contributed by atoms with E-state index < -0.39 is 0 Å². The van der Waals surface area contributed by atoms with E-state index in [0.29, 0.717) is 33.0 Å². The summed E-state index contributed by atoms with van der Waals surface area (Å²) in [6.45, 7) is 4.49. The standard InChI is InChI=1S/C43H43NO4.ClH/c1-2-9-32(10-3-1)29-45-23-8-24-46-40-21-19-37(20-22-40)43-41(47-30-33-15-17-35-11-4-6-13-38(35)25-33)27-44-28-42(43)48-31-34-16-18-36-12-5-7-14-39(36)26-34;/h1-7,9-22,25-26,41-44H,8,23-24,27-31H2;1H/t41-,42+,43?;. The van der Waals surface area contributed by atoms with Crippen LogP contribution in [0.2, 0.25) is 0 Å². The van der Waals surface area contributed by atoms with Crippen molar-refractivity contribution in [1.82, 2.24) is 5.32 Å². The Hall–Kier alpha value is -4.23. The van der Waals surface area contributed by atoms with E-state index in [-0.39, 0.29) is 30.5 Å². The number of piperidine rings is 1. The SMILES string of the molecule is Cl.c1ccc(COCCCOc2ccc(C3[C@@H](OCc4ccc5ccccc5c4)CNC[C@H]3OCc3ccc4ccccc4c3)cc2)cc1. The van der Waals surface area contributed by atoms with E-state index in [1.54, 1.807) is 0 Å². The molecule has 0 spiro atoms. The van der Waals surface area contributed by atoms with Crippen LogP contribution in [0.4, 0.5) is 0 Å². The van der Waals surface area contributed by atoms with Crippen LogP contribution < -0.4 is 10.1 Å². The van der Waals surface area contributed by atoms with Crippen LogP contribution in [0.3, 0.4) is 0 Å². The van der Waals surface area contributed by atoms with Gasteiger partial charge in [-0.1, -0.05) is 115 Å². The average Bonchev–Trinajstić information content (AvgIpc) is 3.15. The van der Waals surface area contributed by atoms with Gasteiger partial charge < -0.3 is 24.3 Å². The second-order valence-electron chi connectivity index (χ2n) is 12.6. The summed E-state index contributed by atoms with van der Waals surface area (Å²) in [7, 11) is 0. The molecule has 1 heterocycles. The number of nitrogens with one attached hydrogen (secondary N) is 1. The monoisotopic (exact) mass is 673 g/mol. The summed E-state index contributed by atoms with van der Waals surface area (Å²) in [6.07, 6.45) is 0.721. The summed E-state index contributed by atoms with van der Waals surface area (Å²) in [5.74, 6) is 0.922. The minimum atomic E-state index is -0.0552. The van der Waals surface area contributed by atoms with E-state index in [1.165, 1.54) is 43.8 Å². The van der Waals surface area contributed by atoms with E-state index in [9.17, 15) is 0 Å². The summed E-state index contributed by atoms with van der Waals surface area (Å²) in [4.78, 5) is 0. The largest absolute Gasteiger partial charge is 0.494 e. The molecule has 0 aliphatic carbocycles. The van der Waals surface area contributed by atoms with Gasteiger partial charge in [0, 0.05) is 25.4 Å². The van der Waals surface area contributed by atoms with Gasteiger partial charge >= 0.3 is 0 Å². The topological polar surface area (TPSA) is 49.0 Å². The fraction of sp³-hybridized carbons (Fsp3) is 0.256. The van der Waals surface area contributed by atoms with E-state index >= 15 is 0 Å². The van der Waals surface area contributed by atoms with Crippen LogP contribution in [0.25, 0.3) is 21.5 Å².